The lowest BCUT2D eigenvalue weighted by atomic mass is 9.89. The van der Waals surface area contributed by atoms with E-state index in [4.69, 9.17) is 5.73 Å². The maximum atomic E-state index is 13.5. The van der Waals surface area contributed by atoms with Crippen LogP contribution in [0.5, 0.6) is 0 Å². The van der Waals surface area contributed by atoms with Crippen molar-refractivity contribution in [2.45, 2.75) is 11.8 Å². The fourth-order valence-electron chi connectivity index (χ4n) is 3.29. The van der Waals surface area contributed by atoms with Gasteiger partial charge in [0.15, 0.2) is 17.5 Å². The predicted octanol–water partition coefficient (Wildman–Crippen LogP) is 2.11. The largest absolute Gasteiger partial charge is 0.366 e. The highest BCUT2D eigenvalue weighted by atomic mass is 32.2. The topological polar surface area (TPSA) is 109 Å². The highest BCUT2D eigenvalue weighted by Gasteiger charge is 2.39. The molecular weight excluding hydrogens is 405 g/mol. The molecule has 0 saturated heterocycles. The monoisotopic (exact) mass is 425 g/mol. The molecule has 0 fully saturated rings. The number of primary amides is 1. The molecule has 2 aliphatic rings. The molecule has 2 unspecified atom stereocenters. The molecule has 10 heteroatoms. The Morgan fingerprint density at radius 3 is 2.90 bits per heavy atom. The van der Waals surface area contributed by atoms with Crippen molar-refractivity contribution < 1.29 is 9.18 Å². The second kappa shape index (κ2) is 8.23. The van der Waals surface area contributed by atoms with Crippen molar-refractivity contribution in [1.82, 2.24) is 15.2 Å². The van der Waals surface area contributed by atoms with Crippen LogP contribution in [-0.2, 0) is 11.3 Å². The lowest BCUT2D eigenvalue weighted by molar-refractivity contribution is -0.114. The maximum Gasteiger partial charge on any atom is 0.245 e. The fraction of sp³-hybridized carbons (Fsp3) is 0.250. The molecule has 154 valence electrons. The van der Waals surface area contributed by atoms with Crippen molar-refractivity contribution in [3.05, 3.63) is 65.3 Å². The normalized spacial score (nSPS) is 19.7. The number of nitrogens with zero attached hydrogens (tertiary/aromatic N) is 5. The number of aromatic nitrogens is 3. The van der Waals surface area contributed by atoms with Gasteiger partial charge in [-0.2, -0.15) is 0 Å². The summed E-state index contributed by atoms with van der Waals surface area (Å²) >= 11 is 1.28. The molecule has 0 spiro atoms. The zero-order valence-electron chi connectivity index (χ0n) is 16.4. The molecule has 0 saturated carbocycles. The molecule has 0 radical (unpaired) electrons. The SMILES string of the molecule is CN(C)c1nnc(C2=NSC3C(C(N)=O)=CC=CC23)nc1NCc1cccc(F)c1. The number of fused-ring (bicyclic) bond motifs is 1. The van der Waals surface area contributed by atoms with Gasteiger partial charge in [0.2, 0.25) is 5.91 Å². The van der Waals surface area contributed by atoms with Crippen LogP contribution in [0.4, 0.5) is 16.0 Å². The summed E-state index contributed by atoms with van der Waals surface area (Å²) < 4.78 is 18.0. The van der Waals surface area contributed by atoms with Crippen LogP contribution in [0.3, 0.4) is 0 Å². The van der Waals surface area contributed by atoms with Gasteiger partial charge in [-0.1, -0.05) is 30.4 Å². The summed E-state index contributed by atoms with van der Waals surface area (Å²) in [5, 5.41) is 11.6. The minimum Gasteiger partial charge on any atom is -0.366 e. The van der Waals surface area contributed by atoms with Crippen molar-refractivity contribution in [3.8, 4) is 0 Å². The van der Waals surface area contributed by atoms with E-state index in [0.717, 1.165) is 5.56 Å². The molecule has 0 bridgehead atoms. The summed E-state index contributed by atoms with van der Waals surface area (Å²) in [5.41, 5.74) is 7.44. The van der Waals surface area contributed by atoms with Crippen molar-refractivity contribution in [1.29, 1.82) is 0 Å². The van der Waals surface area contributed by atoms with Gasteiger partial charge in [-0.05, 0) is 29.6 Å². The number of nitrogens with one attached hydrogen (secondary N) is 1. The van der Waals surface area contributed by atoms with E-state index in [1.54, 1.807) is 23.1 Å². The number of hydrogen-bond acceptors (Lipinski definition) is 8. The van der Waals surface area contributed by atoms with Crippen molar-refractivity contribution in [2.75, 3.05) is 24.3 Å². The van der Waals surface area contributed by atoms with Gasteiger partial charge >= 0.3 is 0 Å². The Bertz CT molecular complexity index is 1080. The lowest BCUT2D eigenvalue weighted by Crippen LogP contribution is -2.31. The van der Waals surface area contributed by atoms with E-state index in [0.29, 0.717) is 35.3 Å². The van der Waals surface area contributed by atoms with Crippen molar-refractivity contribution in [2.24, 2.45) is 16.0 Å². The molecule has 4 rings (SSSR count). The van der Waals surface area contributed by atoms with Crippen LogP contribution >= 0.6 is 11.9 Å². The molecule has 1 aliphatic heterocycles. The van der Waals surface area contributed by atoms with Gasteiger partial charge in [0, 0.05) is 32.1 Å². The molecule has 30 heavy (non-hydrogen) atoms. The molecule has 1 aromatic carbocycles. The van der Waals surface area contributed by atoms with E-state index in [1.807, 2.05) is 26.2 Å². The van der Waals surface area contributed by atoms with Crippen LogP contribution in [0, 0.1) is 11.7 Å². The number of hydrogen-bond donors (Lipinski definition) is 2. The quantitative estimate of drug-likeness (QED) is 0.682. The Morgan fingerprint density at radius 2 is 2.17 bits per heavy atom. The van der Waals surface area contributed by atoms with E-state index < -0.39 is 5.91 Å². The van der Waals surface area contributed by atoms with Crippen LogP contribution in [0.2, 0.25) is 0 Å². The summed E-state index contributed by atoms with van der Waals surface area (Å²) in [6, 6.07) is 6.35. The van der Waals surface area contributed by atoms with Crippen LogP contribution in [0.15, 0.2) is 52.5 Å². The lowest BCUT2D eigenvalue weighted by Gasteiger charge is -2.21. The second-order valence-electron chi connectivity index (χ2n) is 7.09. The first kappa shape index (κ1) is 20.0. The number of amides is 1. The van der Waals surface area contributed by atoms with Gasteiger partial charge in [0.1, 0.15) is 11.5 Å². The van der Waals surface area contributed by atoms with Gasteiger partial charge < -0.3 is 16.0 Å². The Labute approximate surface area is 177 Å². The maximum absolute atomic E-state index is 13.5. The van der Waals surface area contributed by atoms with E-state index in [9.17, 15) is 9.18 Å². The Balaban J connectivity index is 1.61. The molecular formula is C20H20FN7OS. The van der Waals surface area contributed by atoms with Crippen LogP contribution in [-0.4, -0.2) is 46.1 Å². The van der Waals surface area contributed by atoms with Crippen molar-refractivity contribution >= 4 is 35.2 Å². The second-order valence-corrected chi connectivity index (χ2v) is 7.99. The predicted molar refractivity (Wildman–Crippen MR) is 116 cm³/mol. The molecule has 3 N–H and O–H groups in total. The van der Waals surface area contributed by atoms with Gasteiger partial charge in [-0.25, -0.2) is 13.8 Å². The number of carbonyl (C=O) groups is 1. The van der Waals surface area contributed by atoms with Gasteiger partial charge in [0.25, 0.3) is 0 Å². The third kappa shape index (κ3) is 3.90. The Hall–Kier alpha value is -3.27. The zero-order chi connectivity index (χ0) is 21.3. The third-order valence-corrected chi connectivity index (χ3v) is 5.84. The first-order chi connectivity index (χ1) is 14.4. The number of rotatable bonds is 6. The summed E-state index contributed by atoms with van der Waals surface area (Å²) in [6.07, 6.45) is 5.47. The number of nitrogens with two attached hydrogens (primary N) is 1. The van der Waals surface area contributed by atoms with E-state index in [1.165, 1.54) is 24.1 Å². The molecule has 8 nitrogen and oxygen atoms in total. The van der Waals surface area contributed by atoms with Gasteiger partial charge in [-0.15, -0.1) is 10.2 Å². The molecule has 1 amide bonds. The number of benzene rings is 1. The molecule has 2 aromatic rings. The minimum absolute atomic E-state index is 0.162. The first-order valence-corrected chi connectivity index (χ1v) is 10.1. The molecule has 1 aliphatic carbocycles. The van der Waals surface area contributed by atoms with E-state index in [2.05, 4.69) is 24.9 Å². The number of halogens is 1. The number of allylic oxidation sites excluding steroid dienone is 3. The highest BCUT2D eigenvalue weighted by molar-refractivity contribution is 7.99. The van der Waals surface area contributed by atoms with Crippen LogP contribution in [0.1, 0.15) is 11.4 Å². The standard InChI is InChI=1S/C20H20FN7OS/c1-28(2)20-19(23-10-11-5-3-6-12(21)9-11)24-18(25-26-20)15-13-7-4-8-14(17(22)29)16(13)30-27-15/h3-9,13,16H,10H2,1-2H3,(H2,22,29)(H,23,24,25). The van der Waals surface area contributed by atoms with Gasteiger partial charge in [-0.3, -0.25) is 4.79 Å². The number of carbonyl (C=O) groups excluding carboxylic acids is 1. The average molecular weight is 425 g/mol. The first-order valence-electron chi connectivity index (χ1n) is 9.26. The Kier molecular flexibility index (Phi) is 5.49. The summed E-state index contributed by atoms with van der Waals surface area (Å²) in [5.74, 6) is 0.515. The average Bonchev–Trinajstić information content (AvgIpc) is 3.16. The third-order valence-electron chi connectivity index (χ3n) is 4.76. The number of anilines is 2. The minimum atomic E-state index is -0.460. The summed E-state index contributed by atoms with van der Waals surface area (Å²) in [7, 11) is 3.68. The zero-order valence-corrected chi connectivity index (χ0v) is 17.2. The van der Waals surface area contributed by atoms with Gasteiger partial charge in [0.05, 0.1) is 5.25 Å². The van der Waals surface area contributed by atoms with Crippen LogP contribution in [0.25, 0.3) is 0 Å². The van der Waals surface area contributed by atoms with E-state index in [-0.39, 0.29) is 17.0 Å². The van der Waals surface area contributed by atoms with E-state index >= 15 is 0 Å². The highest BCUT2D eigenvalue weighted by Crippen LogP contribution is 2.39. The fourth-order valence-corrected chi connectivity index (χ4v) is 4.38. The Morgan fingerprint density at radius 1 is 1.33 bits per heavy atom. The summed E-state index contributed by atoms with van der Waals surface area (Å²) in [6.45, 7) is 0.373. The van der Waals surface area contributed by atoms with Crippen molar-refractivity contribution in [3.63, 3.8) is 0 Å². The smallest absolute Gasteiger partial charge is 0.245 e. The molecule has 2 atom stereocenters. The summed E-state index contributed by atoms with van der Waals surface area (Å²) in [4.78, 5) is 18.2. The van der Waals surface area contributed by atoms with Crippen LogP contribution < -0.4 is 16.0 Å². The molecule has 1 aromatic heterocycles. The molecule has 2 heterocycles.